The monoisotopic (exact) mass is 409 g/mol. The van der Waals surface area contributed by atoms with E-state index < -0.39 is 0 Å². The minimum Gasteiger partial charge on any atom is -0.372 e. The van der Waals surface area contributed by atoms with Gasteiger partial charge in [-0.25, -0.2) is 0 Å². The van der Waals surface area contributed by atoms with E-state index in [1.165, 1.54) is 5.56 Å². The number of nitrogens with one attached hydrogen (secondary N) is 1. The molecule has 0 fully saturated rings. The zero-order valence-electron chi connectivity index (χ0n) is 14.3. The van der Waals surface area contributed by atoms with Crippen LogP contribution in [-0.4, -0.2) is 5.91 Å². The summed E-state index contributed by atoms with van der Waals surface area (Å²) in [6.07, 6.45) is 0. The van der Waals surface area contributed by atoms with Crippen LogP contribution in [0.1, 0.15) is 27.0 Å². The fourth-order valence-corrected chi connectivity index (χ4v) is 3.00. The van der Waals surface area contributed by atoms with Crippen LogP contribution in [-0.2, 0) is 24.5 Å². The second-order valence-corrected chi connectivity index (χ2v) is 6.81. The standard InChI is InChI=1S/C22H20BrNO2/c23-21-9-5-4-8-20(21)22(25)24-14-17-10-12-19(13-11-17)16-26-15-18-6-2-1-3-7-18/h1-13H,14-16H2,(H,24,25). The summed E-state index contributed by atoms with van der Waals surface area (Å²) < 4.78 is 6.53. The lowest BCUT2D eigenvalue weighted by molar-refractivity contribution is 0.0950. The summed E-state index contributed by atoms with van der Waals surface area (Å²) >= 11 is 3.40. The maximum Gasteiger partial charge on any atom is 0.252 e. The highest BCUT2D eigenvalue weighted by Gasteiger charge is 2.08. The Morgan fingerprint density at radius 2 is 1.35 bits per heavy atom. The number of benzene rings is 3. The summed E-state index contributed by atoms with van der Waals surface area (Å²) in [6.45, 7) is 1.66. The van der Waals surface area contributed by atoms with E-state index in [9.17, 15) is 4.79 Å². The van der Waals surface area contributed by atoms with E-state index in [1.54, 1.807) is 6.07 Å². The Morgan fingerprint density at radius 3 is 2.04 bits per heavy atom. The summed E-state index contributed by atoms with van der Waals surface area (Å²) in [5.41, 5.74) is 3.97. The number of carbonyl (C=O) groups excluding carboxylic acids is 1. The first-order valence-corrected chi connectivity index (χ1v) is 9.24. The van der Waals surface area contributed by atoms with Gasteiger partial charge < -0.3 is 10.1 Å². The molecule has 132 valence electrons. The second-order valence-electron chi connectivity index (χ2n) is 5.96. The van der Waals surface area contributed by atoms with Crippen LogP contribution in [0.2, 0.25) is 0 Å². The molecule has 0 unspecified atom stereocenters. The van der Waals surface area contributed by atoms with E-state index in [0.717, 1.165) is 15.6 Å². The van der Waals surface area contributed by atoms with Gasteiger partial charge >= 0.3 is 0 Å². The van der Waals surface area contributed by atoms with Gasteiger partial charge in [0, 0.05) is 11.0 Å². The first-order valence-electron chi connectivity index (χ1n) is 8.44. The maximum atomic E-state index is 12.2. The highest BCUT2D eigenvalue weighted by Crippen LogP contribution is 2.16. The molecule has 0 aliphatic rings. The molecular weight excluding hydrogens is 390 g/mol. The van der Waals surface area contributed by atoms with E-state index in [1.807, 2.05) is 60.7 Å². The molecule has 0 aliphatic carbocycles. The van der Waals surface area contributed by atoms with Crippen LogP contribution >= 0.6 is 15.9 Å². The van der Waals surface area contributed by atoms with Crippen molar-refractivity contribution in [2.75, 3.05) is 0 Å². The Kier molecular flexibility index (Phi) is 6.58. The first-order chi connectivity index (χ1) is 12.7. The molecule has 3 rings (SSSR count). The van der Waals surface area contributed by atoms with Crippen molar-refractivity contribution in [3.05, 3.63) is 106 Å². The van der Waals surface area contributed by atoms with Crippen LogP contribution in [0.3, 0.4) is 0 Å². The lowest BCUT2D eigenvalue weighted by Gasteiger charge is -2.08. The number of rotatable bonds is 7. The molecule has 0 radical (unpaired) electrons. The van der Waals surface area contributed by atoms with Gasteiger partial charge in [-0.1, -0.05) is 66.7 Å². The van der Waals surface area contributed by atoms with E-state index in [4.69, 9.17) is 4.74 Å². The van der Waals surface area contributed by atoms with E-state index in [-0.39, 0.29) is 5.91 Å². The number of hydrogen-bond acceptors (Lipinski definition) is 2. The molecule has 0 atom stereocenters. The molecule has 0 aromatic heterocycles. The van der Waals surface area contributed by atoms with Gasteiger partial charge in [0.1, 0.15) is 0 Å². The minimum atomic E-state index is -0.0901. The van der Waals surface area contributed by atoms with Crippen molar-refractivity contribution in [2.24, 2.45) is 0 Å². The lowest BCUT2D eigenvalue weighted by Crippen LogP contribution is -2.23. The largest absolute Gasteiger partial charge is 0.372 e. The fraction of sp³-hybridized carbons (Fsp3) is 0.136. The van der Waals surface area contributed by atoms with Gasteiger partial charge in [0.15, 0.2) is 0 Å². The normalized spacial score (nSPS) is 10.5. The van der Waals surface area contributed by atoms with Crippen molar-refractivity contribution in [1.82, 2.24) is 5.32 Å². The predicted octanol–water partition coefficient (Wildman–Crippen LogP) is 5.10. The third kappa shape index (κ3) is 5.28. The van der Waals surface area contributed by atoms with E-state index in [2.05, 4.69) is 33.4 Å². The molecule has 3 nitrogen and oxygen atoms in total. The molecule has 3 aromatic carbocycles. The van der Waals surface area contributed by atoms with Crippen LogP contribution in [0.25, 0.3) is 0 Å². The molecule has 0 heterocycles. The smallest absolute Gasteiger partial charge is 0.252 e. The van der Waals surface area contributed by atoms with Gasteiger partial charge in [0.2, 0.25) is 0 Å². The molecule has 3 aromatic rings. The molecule has 0 saturated heterocycles. The maximum absolute atomic E-state index is 12.2. The third-order valence-corrected chi connectivity index (χ3v) is 4.67. The van der Waals surface area contributed by atoms with Crippen LogP contribution in [0.4, 0.5) is 0 Å². The van der Waals surface area contributed by atoms with Crippen molar-refractivity contribution in [3.8, 4) is 0 Å². The average Bonchev–Trinajstić information content (AvgIpc) is 2.68. The Hall–Kier alpha value is -2.43. The van der Waals surface area contributed by atoms with Gasteiger partial charge in [0.25, 0.3) is 5.91 Å². The first kappa shape index (κ1) is 18.4. The molecule has 4 heteroatoms. The lowest BCUT2D eigenvalue weighted by atomic mass is 10.1. The van der Waals surface area contributed by atoms with Gasteiger partial charge in [-0.3, -0.25) is 4.79 Å². The zero-order valence-corrected chi connectivity index (χ0v) is 15.9. The quantitative estimate of drug-likeness (QED) is 0.589. The van der Waals surface area contributed by atoms with Crippen LogP contribution < -0.4 is 5.32 Å². The molecule has 0 saturated carbocycles. The highest BCUT2D eigenvalue weighted by atomic mass is 79.9. The molecule has 0 spiro atoms. The average molecular weight is 410 g/mol. The summed E-state index contributed by atoms with van der Waals surface area (Å²) in [6, 6.07) is 25.6. The van der Waals surface area contributed by atoms with E-state index >= 15 is 0 Å². The number of ether oxygens (including phenoxy) is 1. The van der Waals surface area contributed by atoms with Crippen LogP contribution in [0, 0.1) is 0 Å². The van der Waals surface area contributed by atoms with Crippen molar-refractivity contribution < 1.29 is 9.53 Å². The van der Waals surface area contributed by atoms with Crippen molar-refractivity contribution >= 4 is 21.8 Å². The van der Waals surface area contributed by atoms with Crippen molar-refractivity contribution in [3.63, 3.8) is 0 Å². The number of halogens is 1. The van der Waals surface area contributed by atoms with Crippen LogP contribution in [0.15, 0.2) is 83.3 Å². The third-order valence-electron chi connectivity index (χ3n) is 3.97. The SMILES string of the molecule is O=C(NCc1ccc(COCc2ccccc2)cc1)c1ccccc1Br. The minimum absolute atomic E-state index is 0.0901. The second kappa shape index (κ2) is 9.32. The fourth-order valence-electron chi connectivity index (χ4n) is 2.54. The zero-order chi connectivity index (χ0) is 18.2. The Bertz CT molecular complexity index is 848. The summed E-state index contributed by atoms with van der Waals surface area (Å²) in [7, 11) is 0. The molecular formula is C22H20BrNO2. The molecule has 1 N–H and O–H groups in total. The molecule has 0 bridgehead atoms. The number of amides is 1. The van der Waals surface area contributed by atoms with Gasteiger partial charge in [-0.15, -0.1) is 0 Å². The van der Waals surface area contributed by atoms with Gasteiger partial charge in [0.05, 0.1) is 18.8 Å². The van der Waals surface area contributed by atoms with Crippen LogP contribution in [0.5, 0.6) is 0 Å². The summed E-state index contributed by atoms with van der Waals surface area (Å²) in [4.78, 5) is 12.2. The highest BCUT2D eigenvalue weighted by molar-refractivity contribution is 9.10. The Balaban J connectivity index is 1.47. The Labute approximate surface area is 162 Å². The topological polar surface area (TPSA) is 38.3 Å². The predicted molar refractivity (Wildman–Crippen MR) is 107 cm³/mol. The van der Waals surface area contributed by atoms with Crippen molar-refractivity contribution in [1.29, 1.82) is 0 Å². The summed E-state index contributed by atoms with van der Waals surface area (Å²) in [5.74, 6) is -0.0901. The summed E-state index contributed by atoms with van der Waals surface area (Å²) in [5, 5.41) is 2.94. The van der Waals surface area contributed by atoms with E-state index in [0.29, 0.717) is 25.3 Å². The Morgan fingerprint density at radius 1 is 0.769 bits per heavy atom. The molecule has 26 heavy (non-hydrogen) atoms. The van der Waals surface area contributed by atoms with Gasteiger partial charge in [-0.2, -0.15) is 0 Å². The number of carbonyl (C=O) groups is 1. The molecule has 0 aliphatic heterocycles. The van der Waals surface area contributed by atoms with Gasteiger partial charge in [-0.05, 0) is 44.8 Å². The van der Waals surface area contributed by atoms with Crippen molar-refractivity contribution in [2.45, 2.75) is 19.8 Å². The molecule has 1 amide bonds. The number of hydrogen-bond donors (Lipinski definition) is 1.